The molecular weight excluding hydrogens is 699 g/mol. The molecule has 0 saturated heterocycles. The van der Waals surface area contributed by atoms with Crippen LogP contribution in [0.1, 0.15) is 22.3 Å². The van der Waals surface area contributed by atoms with E-state index in [1.165, 1.54) is 70.2 Å². The molecule has 0 fully saturated rings. The van der Waals surface area contributed by atoms with Crippen molar-refractivity contribution >= 4 is 31.5 Å². The van der Waals surface area contributed by atoms with E-state index in [0.29, 0.717) is 17.5 Å². The fourth-order valence-electron chi connectivity index (χ4n) is 9.49. The summed E-state index contributed by atoms with van der Waals surface area (Å²) < 4.78 is 2.53. The van der Waals surface area contributed by atoms with Crippen LogP contribution in [-0.4, -0.2) is 15.0 Å². The van der Waals surface area contributed by atoms with Gasteiger partial charge in [-0.25, -0.2) is 15.0 Å². The molecule has 1 spiro atoms. The molecule has 0 unspecified atom stereocenters. The molecule has 0 bridgehead atoms. The average molecular weight is 730 g/mol. The molecule has 8 aromatic carbocycles. The second-order valence-electron chi connectivity index (χ2n) is 14.6. The molecule has 2 aliphatic rings. The molecular formula is C52H31N3S. The topological polar surface area (TPSA) is 38.7 Å². The highest BCUT2D eigenvalue weighted by atomic mass is 32.1. The fraction of sp³-hybridized carbons (Fsp3) is 0.0192. The van der Waals surface area contributed by atoms with Crippen molar-refractivity contribution in [3.63, 3.8) is 0 Å². The summed E-state index contributed by atoms with van der Waals surface area (Å²) in [6.07, 6.45) is 0. The van der Waals surface area contributed by atoms with Gasteiger partial charge in [-0.3, -0.25) is 0 Å². The smallest absolute Gasteiger partial charge is 0.164 e. The lowest BCUT2D eigenvalue weighted by Crippen LogP contribution is -2.25. The van der Waals surface area contributed by atoms with Gasteiger partial charge in [0.2, 0.25) is 0 Å². The van der Waals surface area contributed by atoms with E-state index >= 15 is 0 Å². The summed E-state index contributed by atoms with van der Waals surface area (Å²) >= 11 is 1.82. The van der Waals surface area contributed by atoms with Crippen molar-refractivity contribution in [2.75, 3.05) is 0 Å². The van der Waals surface area contributed by atoms with E-state index in [0.717, 1.165) is 22.3 Å². The first-order valence-electron chi connectivity index (χ1n) is 19.0. The van der Waals surface area contributed by atoms with Crippen LogP contribution in [0.25, 0.3) is 87.7 Å². The third-order valence-electron chi connectivity index (χ3n) is 11.8. The fourth-order valence-corrected chi connectivity index (χ4v) is 10.6. The van der Waals surface area contributed by atoms with E-state index in [1.807, 2.05) is 29.5 Å². The van der Waals surface area contributed by atoms with Gasteiger partial charge >= 0.3 is 0 Å². The Balaban J connectivity index is 1.10. The SMILES string of the molecule is c1ccc(-c2nc(-c3ccc4sc5ccccc5c4c3)nc(-c3ccccc3-c3cccc4c3-c3ccccc3C43c4ccccc4-c4ccccc43)n2)cc1. The largest absolute Gasteiger partial charge is 0.208 e. The molecule has 0 radical (unpaired) electrons. The van der Waals surface area contributed by atoms with Crippen LogP contribution in [0.2, 0.25) is 0 Å². The molecule has 0 atom stereocenters. The second-order valence-corrected chi connectivity index (χ2v) is 15.7. The van der Waals surface area contributed by atoms with Crippen molar-refractivity contribution in [3.05, 3.63) is 210 Å². The van der Waals surface area contributed by atoms with Gasteiger partial charge in [0.15, 0.2) is 17.5 Å². The Morgan fingerprint density at radius 2 is 0.839 bits per heavy atom. The third kappa shape index (κ3) is 4.36. The number of hydrogen-bond donors (Lipinski definition) is 0. The maximum absolute atomic E-state index is 5.31. The highest BCUT2D eigenvalue weighted by Crippen LogP contribution is 2.64. The van der Waals surface area contributed by atoms with Gasteiger partial charge in [0.05, 0.1) is 5.41 Å². The van der Waals surface area contributed by atoms with E-state index in [4.69, 9.17) is 15.0 Å². The third-order valence-corrected chi connectivity index (χ3v) is 12.9. The molecule has 2 aliphatic carbocycles. The number of thiophene rings is 1. The van der Waals surface area contributed by atoms with E-state index in [2.05, 4.69) is 170 Å². The van der Waals surface area contributed by atoms with E-state index in [9.17, 15) is 0 Å². The summed E-state index contributed by atoms with van der Waals surface area (Å²) in [5.74, 6) is 1.95. The Bertz CT molecular complexity index is 3170. The van der Waals surface area contributed by atoms with Crippen LogP contribution in [0.5, 0.6) is 0 Å². The lowest BCUT2D eigenvalue weighted by molar-refractivity contribution is 0.794. The van der Waals surface area contributed by atoms with Crippen molar-refractivity contribution < 1.29 is 0 Å². The lowest BCUT2D eigenvalue weighted by Gasteiger charge is -2.30. The van der Waals surface area contributed by atoms with Gasteiger partial charge < -0.3 is 0 Å². The normalized spacial score (nSPS) is 13.1. The Hall–Kier alpha value is -7.01. The zero-order valence-electron chi connectivity index (χ0n) is 30.1. The minimum absolute atomic E-state index is 0.421. The first kappa shape index (κ1) is 31.4. The van der Waals surface area contributed by atoms with Gasteiger partial charge in [-0.2, -0.15) is 0 Å². The van der Waals surface area contributed by atoms with Gasteiger partial charge in [-0.1, -0.05) is 164 Å². The molecule has 2 heterocycles. The van der Waals surface area contributed by atoms with E-state index in [1.54, 1.807) is 0 Å². The van der Waals surface area contributed by atoms with Crippen molar-refractivity contribution in [1.82, 2.24) is 15.0 Å². The highest BCUT2D eigenvalue weighted by molar-refractivity contribution is 7.25. The number of hydrogen-bond acceptors (Lipinski definition) is 4. The Kier molecular flexibility index (Phi) is 6.72. The van der Waals surface area contributed by atoms with Crippen LogP contribution < -0.4 is 0 Å². The number of benzene rings is 8. The molecule has 2 aromatic heterocycles. The molecule has 3 nitrogen and oxygen atoms in total. The van der Waals surface area contributed by atoms with Crippen molar-refractivity contribution in [1.29, 1.82) is 0 Å². The summed E-state index contributed by atoms with van der Waals surface area (Å²) in [5.41, 5.74) is 15.1. The maximum Gasteiger partial charge on any atom is 0.164 e. The number of aromatic nitrogens is 3. The lowest BCUT2D eigenvalue weighted by atomic mass is 9.70. The minimum atomic E-state index is -0.421. The second kappa shape index (κ2) is 12.0. The van der Waals surface area contributed by atoms with Crippen LogP contribution >= 0.6 is 11.3 Å². The van der Waals surface area contributed by atoms with Crippen molar-refractivity contribution in [3.8, 4) is 67.5 Å². The van der Waals surface area contributed by atoms with Crippen molar-refractivity contribution in [2.24, 2.45) is 0 Å². The zero-order valence-corrected chi connectivity index (χ0v) is 31.0. The van der Waals surface area contributed by atoms with Gasteiger partial charge in [0.25, 0.3) is 0 Å². The molecule has 0 aliphatic heterocycles. The molecule has 0 saturated carbocycles. The highest BCUT2D eigenvalue weighted by Gasteiger charge is 2.52. The molecule has 12 rings (SSSR count). The van der Waals surface area contributed by atoms with Crippen molar-refractivity contribution in [2.45, 2.75) is 5.41 Å². The number of nitrogens with zero attached hydrogens (tertiary/aromatic N) is 3. The molecule has 4 heteroatoms. The van der Waals surface area contributed by atoms with Crippen LogP contribution in [0.15, 0.2) is 188 Å². The zero-order chi connectivity index (χ0) is 36.8. The molecule has 260 valence electrons. The van der Waals surface area contributed by atoms with Gasteiger partial charge in [-0.05, 0) is 79.9 Å². The first-order chi connectivity index (χ1) is 27.8. The molecule has 56 heavy (non-hydrogen) atoms. The predicted molar refractivity (Wildman–Crippen MR) is 231 cm³/mol. The van der Waals surface area contributed by atoms with Crippen LogP contribution in [0.3, 0.4) is 0 Å². The monoisotopic (exact) mass is 729 g/mol. The molecule has 0 N–H and O–H groups in total. The Labute approximate surface area is 328 Å². The van der Waals surface area contributed by atoms with E-state index < -0.39 is 5.41 Å². The van der Waals surface area contributed by atoms with Gasteiger partial charge in [0, 0.05) is 36.9 Å². The Morgan fingerprint density at radius 1 is 0.321 bits per heavy atom. The summed E-state index contributed by atoms with van der Waals surface area (Å²) in [6, 6.07) is 67.8. The average Bonchev–Trinajstić information content (AvgIpc) is 3.90. The Morgan fingerprint density at radius 3 is 1.59 bits per heavy atom. The summed E-state index contributed by atoms with van der Waals surface area (Å²) in [6.45, 7) is 0. The quantitative estimate of drug-likeness (QED) is 0.181. The van der Waals surface area contributed by atoms with Gasteiger partial charge in [-0.15, -0.1) is 11.3 Å². The predicted octanol–water partition coefficient (Wildman–Crippen LogP) is 13.3. The first-order valence-corrected chi connectivity index (χ1v) is 19.8. The van der Waals surface area contributed by atoms with Gasteiger partial charge in [0.1, 0.15) is 0 Å². The molecule has 10 aromatic rings. The maximum atomic E-state index is 5.31. The molecule has 0 amide bonds. The van der Waals surface area contributed by atoms with Crippen LogP contribution in [0.4, 0.5) is 0 Å². The minimum Gasteiger partial charge on any atom is -0.208 e. The summed E-state index contributed by atoms with van der Waals surface area (Å²) in [5, 5.41) is 2.47. The van der Waals surface area contributed by atoms with E-state index in [-0.39, 0.29) is 0 Å². The van der Waals surface area contributed by atoms with Crippen LogP contribution in [-0.2, 0) is 5.41 Å². The standard InChI is InChI=1S/C52H31N3S/c1-2-15-32(16-3-1)49-53-50(33-29-30-47-41(31-33)37-20-9-13-28-46(37)56-47)55-51(54-49)39-21-5-4-17-34(39)38-23-14-27-45-48(38)40-22-8-12-26-44(40)52(45)42-24-10-6-18-35(42)36-19-7-11-25-43(36)52/h1-31H. The van der Waals surface area contributed by atoms with Crippen LogP contribution in [0, 0.1) is 0 Å². The summed E-state index contributed by atoms with van der Waals surface area (Å²) in [4.78, 5) is 15.7. The number of fused-ring (bicyclic) bond motifs is 13. The number of rotatable bonds is 4. The summed E-state index contributed by atoms with van der Waals surface area (Å²) in [7, 11) is 0.